The van der Waals surface area contributed by atoms with Crippen LogP contribution in [-0.2, 0) is 6.54 Å². The lowest BCUT2D eigenvalue weighted by atomic mass is 9.72. The van der Waals surface area contributed by atoms with Gasteiger partial charge in [0.1, 0.15) is 5.82 Å². The minimum Gasteiger partial charge on any atom is -0.396 e. The van der Waals surface area contributed by atoms with E-state index in [2.05, 4.69) is 15.6 Å². The Bertz CT molecular complexity index is 522. The summed E-state index contributed by atoms with van der Waals surface area (Å²) in [6.45, 7) is 4.31. The van der Waals surface area contributed by atoms with Crippen LogP contribution in [0.15, 0.2) is 29.3 Å². The van der Waals surface area contributed by atoms with Crippen molar-refractivity contribution in [2.24, 2.45) is 10.4 Å². The van der Waals surface area contributed by atoms with Gasteiger partial charge < -0.3 is 15.7 Å². The normalized spacial score (nSPS) is 17.5. The van der Waals surface area contributed by atoms with Crippen LogP contribution in [0.5, 0.6) is 0 Å². The summed E-state index contributed by atoms with van der Waals surface area (Å²) in [7, 11) is 0. The zero-order valence-corrected chi connectivity index (χ0v) is 14.7. The van der Waals surface area contributed by atoms with Crippen LogP contribution in [-0.4, -0.2) is 30.8 Å². The maximum absolute atomic E-state index is 13.3. The van der Waals surface area contributed by atoms with E-state index in [0.29, 0.717) is 6.54 Å². The number of benzene rings is 1. The number of hydrogen-bond acceptors (Lipinski definition) is 2. The van der Waals surface area contributed by atoms with E-state index in [1.165, 1.54) is 31.4 Å². The molecule has 0 spiro atoms. The molecule has 24 heavy (non-hydrogen) atoms. The third kappa shape index (κ3) is 5.78. The topological polar surface area (TPSA) is 56.7 Å². The summed E-state index contributed by atoms with van der Waals surface area (Å²) in [4.78, 5) is 4.57. The fraction of sp³-hybridized carbons (Fsp3) is 0.632. The molecule has 2 rings (SSSR count). The molecule has 0 bridgehead atoms. The first-order chi connectivity index (χ1) is 11.7. The van der Waals surface area contributed by atoms with Crippen molar-refractivity contribution in [3.8, 4) is 0 Å². The van der Waals surface area contributed by atoms with E-state index in [1.807, 2.05) is 13.0 Å². The van der Waals surface area contributed by atoms with Gasteiger partial charge in [-0.1, -0.05) is 31.4 Å². The fourth-order valence-electron chi connectivity index (χ4n) is 3.47. The summed E-state index contributed by atoms with van der Waals surface area (Å²) in [6, 6.07) is 6.54. The Hall–Kier alpha value is -1.62. The highest BCUT2D eigenvalue weighted by Gasteiger charge is 2.31. The summed E-state index contributed by atoms with van der Waals surface area (Å²) >= 11 is 0. The predicted octanol–water partition coefficient (Wildman–Crippen LogP) is 3.21. The number of aliphatic hydroxyl groups excluding tert-OH is 1. The molecule has 5 heteroatoms. The second kappa shape index (κ2) is 9.62. The largest absolute Gasteiger partial charge is 0.396 e. The SMILES string of the molecule is CCNC(=NCc1cccc(F)c1)NCC1(CCO)CCCCC1. The van der Waals surface area contributed by atoms with Crippen LogP contribution < -0.4 is 10.6 Å². The summed E-state index contributed by atoms with van der Waals surface area (Å²) in [5.74, 6) is 0.523. The minimum absolute atomic E-state index is 0.169. The van der Waals surface area contributed by atoms with E-state index in [1.54, 1.807) is 6.07 Å². The van der Waals surface area contributed by atoms with Crippen molar-refractivity contribution in [1.29, 1.82) is 0 Å². The van der Waals surface area contributed by atoms with Crippen molar-refractivity contribution in [2.75, 3.05) is 19.7 Å². The number of halogens is 1. The second-order valence-electron chi connectivity index (χ2n) is 6.71. The van der Waals surface area contributed by atoms with Crippen molar-refractivity contribution >= 4 is 5.96 Å². The summed E-state index contributed by atoms with van der Waals surface area (Å²) in [5, 5.41) is 16.1. The van der Waals surface area contributed by atoms with Gasteiger partial charge in [-0.3, -0.25) is 0 Å². The molecule has 4 nitrogen and oxygen atoms in total. The van der Waals surface area contributed by atoms with E-state index >= 15 is 0 Å². The van der Waals surface area contributed by atoms with Crippen LogP contribution in [0.4, 0.5) is 4.39 Å². The molecule has 134 valence electrons. The summed E-state index contributed by atoms with van der Waals surface area (Å²) in [6.07, 6.45) is 6.91. The minimum atomic E-state index is -0.232. The zero-order valence-electron chi connectivity index (χ0n) is 14.7. The van der Waals surface area contributed by atoms with Crippen molar-refractivity contribution in [2.45, 2.75) is 52.0 Å². The first-order valence-corrected chi connectivity index (χ1v) is 9.05. The van der Waals surface area contributed by atoms with Gasteiger partial charge in [-0.15, -0.1) is 0 Å². The third-order valence-electron chi connectivity index (χ3n) is 4.84. The number of rotatable bonds is 7. The Labute approximate surface area is 144 Å². The molecule has 1 aliphatic carbocycles. The molecule has 0 heterocycles. The standard InChI is InChI=1S/C19H30FN3O/c1-2-21-18(22-14-16-7-6-8-17(20)13-16)23-15-19(11-12-24)9-4-3-5-10-19/h6-8,13,24H,2-5,9-12,14-15H2,1H3,(H2,21,22,23). The molecule has 0 unspecified atom stereocenters. The van der Waals surface area contributed by atoms with Gasteiger partial charge in [-0.25, -0.2) is 9.38 Å². The molecule has 0 radical (unpaired) electrons. The van der Waals surface area contributed by atoms with E-state index in [-0.39, 0.29) is 17.8 Å². The average molecular weight is 335 g/mol. The monoisotopic (exact) mass is 335 g/mol. The quantitative estimate of drug-likeness (QED) is 0.530. The van der Waals surface area contributed by atoms with Crippen LogP contribution in [0, 0.1) is 11.2 Å². The molecule has 0 saturated heterocycles. The Morgan fingerprint density at radius 1 is 1.25 bits per heavy atom. The van der Waals surface area contributed by atoms with Gasteiger partial charge >= 0.3 is 0 Å². The van der Waals surface area contributed by atoms with Gasteiger partial charge in [0.2, 0.25) is 0 Å². The lowest BCUT2D eigenvalue weighted by Gasteiger charge is -2.37. The van der Waals surface area contributed by atoms with E-state index in [4.69, 9.17) is 0 Å². The Morgan fingerprint density at radius 2 is 2.04 bits per heavy atom. The van der Waals surface area contributed by atoms with Crippen LogP contribution in [0.25, 0.3) is 0 Å². The molecule has 1 fully saturated rings. The first kappa shape index (κ1) is 18.7. The molecule has 3 N–H and O–H groups in total. The lowest BCUT2D eigenvalue weighted by molar-refractivity contribution is 0.131. The lowest BCUT2D eigenvalue weighted by Crippen LogP contribution is -2.44. The molecule has 0 aliphatic heterocycles. The maximum atomic E-state index is 13.3. The molecule has 0 aromatic heterocycles. The number of aliphatic hydroxyl groups is 1. The number of hydrogen-bond donors (Lipinski definition) is 3. The number of guanidine groups is 1. The smallest absolute Gasteiger partial charge is 0.191 e. The van der Waals surface area contributed by atoms with Crippen molar-refractivity contribution < 1.29 is 9.50 Å². The second-order valence-corrected chi connectivity index (χ2v) is 6.71. The molecular weight excluding hydrogens is 305 g/mol. The molecule has 1 aromatic rings. The van der Waals surface area contributed by atoms with Gasteiger partial charge in [0.25, 0.3) is 0 Å². The molecule has 0 atom stereocenters. The van der Waals surface area contributed by atoms with Crippen LogP contribution >= 0.6 is 0 Å². The van der Waals surface area contributed by atoms with Crippen molar-refractivity contribution in [3.05, 3.63) is 35.6 Å². The van der Waals surface area contributed by atoms with Gasteiger partial charge in [0.05, 0.1) is 6.54 Å². The van der Waals surface area contributed by atoms with Crippen LogP contribution in [0.1, 0.15) is 51.0 Å². The first-order valence-electron chi connectivity index (χ1n) is 9.05. The fourth-order valence-corrected chi connectivity index (χ4v) is 3.47. The number of nitrogens with one attached hydrogen (secondary N) is 2. The molecule has 0 amide bonds. The summed E-state index contributed by atoms with van der Waals surface area (Å²) < 4.78 is 13.3. The highest BCUT2D eigenvalue weighted by Crippen LogP contribution is 2.38. The maximum Gasteiger partial charge on any atom is 0.191 e. The zero-order chi connectivity index (χ0) is 17.3. The molecule has 1 saturated carbocycles. The summed E-state index contributed by atoms with van der Waals surface area (Å²) in [5.41, 5.74) is 1.03. The Kier molecular flexibility index (Phi) is 7.50. The predicted molar refractivity (Wildman–Crippen MR) is 96.4 cm³/mol. The van der Waals surface area contributed by atoms with Crippen molar-refractivity contribution in [3.63, 3.8) is 0 Å². The van der Waals surface area contributed by atoms with Crippen LogP contribution in [0.3, 0.4) is 0 Å². The van der Waals surface area contributed by atoms with E-state index in [0.717, 1.165) is 43.9 Å². The number of nitrogens with zero attached hydrogens (tertiary/aromatic N) is 1. The number of aliphatic imine (C=N–C) groups is 1. The van der Waals surface area contributed by atoms with Gasteiger partial charge in [-0.2, -0.15) is 0 Å². The van der Waals surface area contributed by atoms with Gasteiger partial charge in [-0.05, 0) is 49.3 Å². The third-order valence-corrected chi connectivity index (χ3v) is 4.84. The van der Waals surface area contributed by atoms with E-state index in [9.17, 15) is 9.50 Å². The highest BCUT2D eigenvalue weighted by molar-refractivity contribution is 5.79. The van der Waals surface area contributed by atoms with Crippen LogP contribution in [0.2, 0.25) is 0 Å². The Morgan fingerprint density at radius 3 is 2.71 bits per heavy atom. The van der Waals surface area contributed by atoms with Gasteiger partial charge in [0.15, 0.2) is 5.96 Å². The highest BCUT2D eigenvalue weighted by atomic mass is 19.1. The molecule has 1 aromatic carbocycles. The average Bonchev–Trinajstić information content (AvgIpc) is 2.59. The van der Waals surface area contributed by atoms with Gasteiger partial charge in [0, 0.05) is 19.7 Å². The van der Waals surface area contributed by atoms with Crippen molar-refractivity contribution in [1.82, 2.24) is 10.6 Å². The Balaban J connectivity index is 1.97. The van der Waals surface area contributed by atoms with E-state index < -0.39 is 0 Å². The molecular formula is C19H30FN3O. The molecule has 1 aliphatic rings.